The van der Waals surface area contributed by atoms with Crippen LogP contribution in [0.5, 0.6) is 0 Å². The van der Waals surface area contributed by atoms with Crippen molar-refractivity contribution >= 4 is 0 Å². The predicted molar refractivity (Wildman–Crippen MR) is 68.7 cm³/mol. The SMILES string of the molecule is Cc1cccnc1CN(C)CC1(O)CCCC1. The summed E-state index contributed by atoms with van der Waals surface area (Å²) in [6.07, 6.45) is 6.04. The first-order valence-corrected chi connectivity index (χ1v) is 6.40. The first-order chi connectivity index (χ1) is 8.09. The first kappa shape index (κ1) is 12.5. The van der Waals surface area contributed by atoms with Crippen LogP contribution in [0.3, 0.4) is 0 Å². The van der Waals surface area contributed by atoms with Crippen LogP contribution in [0.15, 0.2) is 18.3 Å². The minimum atomic E-state index is -0.461. The van der Waals surface area contributed by atoms with Crippen LogP contribution in [0.2, 0.25) is 0 Å². The van der Waals surface area contributed by atoms with Crippen molar-refractivity contribution in [2.75, 3.05) is 13.6 Å². The second kappa shape index (κ2) is 5.15. The van der Waals surface area contributed by atoms with Gasteiger partial charge in [-0.1, -0.05) is 18.9 Å². The molecule has 0 bridgehead atoms. The van der Waals surface area contributed by atoms with Gasteiger partial charge in [0.25, 0.3) is 0 Å². The van der Waals surface area contributed by atoms with Crippen LogP contribution in [-0.2, 0) is 6.54 Å². The van der Waals surface area contributed by atoms with Gasteiger partial charge in [0, 0.05) is 19.3 Å². The molecule has 0 saturated heterocycles. The van der Waals surface area contributed by atoms with E-state index >= 15 is 0 Å². The number of aryl methyl sites for hydroxylation is 1. The summed E-state index contributed by atoms with van der Waals surface area (Å²) < 4.78 is 0. The number of nitrogens with zero attached hydrogens (tertiary/aromatic N) is 2. The maximum absolute atomic E-state index is 10.3. The highest BCUT2D eigenvalue weighted by atomic mass is 16.3. The molecular weight excluding hydrogens is 212 g/mol. The molecule has 1 saturated carbocycles. The Bertz CT molecular complexity index is 372. The lowest BCUT2D eigenvalue weighted by molar-refractivity contribution is 0.0142. The molecule has 0 atom stereocenters. The Morgan fingerprint density at radius 1 is 1.41 bits per heavy atom. The number of likely N-dealkylation sites (N-methyl/N-ethyl adjacent to an activating group) is 1. The van der Waals surface area contributed by atoms with E-state index in [1.165, 1.54) is 5.56 Å². The van der Waals surface area contributed by atoms with E-state index in [2.05, 4.69) is 29.9 Å². The Labute approximate surface area is 103 Å². The molecule has 94 valence electrons. The van der Waals surface area contributed by atoms with Crippen LogP contribution in [0.1, 0.15) is 36.9 Å². The van der Waals surface area contributed by atoms with E-state index in [-0.39, 0.29) is 0 Å². The van der Waals surface area contributed by atoms with Crippen molar-refractivity contribution < 1.29 is 5.11 Å². The van der Waals surface area contributed by atoms with Gasteiger partial charge in [-0.2, -0.15) is 0 Å². The summed E-state index contributed by atoms with van der Waals surface area (Å²) in [6, 6.07) is 4.05. The van der Waals surface area contributed by atoms with Crippen LogP contribution in [0, 0.1) is 6.92 Å². The van der Waals surface area contributed by atoms with E-state index in [1.54, 1.807) is 0 Å². The Balaban J connectivity index is 1.93. The summed E-state index contributed by atoms with van der Waals surface area (Å²) in [6.45, 7) is 3.65. The molecule has 1 heterocycles. The molecule has 1 aliphatic carbocycles. The van der Waals surface area contributed by atoms with E-state index in [1.807, 2.05) is 12.3 Å². The van der Waals surface area contributed by atoms with Crippen molar-refractivity contribution in [1.29, 1.82) is 0 Å². The zero-order chi connectivity index (χ0) is 12.3. The highest BCUT2D eigenvalue weighted by Crippen LogP contribution is 2.30. The smallest absolute Gasteiger partial charge is 0.0774 e. The standard InChI is InChI=1S/C14H22N2O/c1-12-6-5-9-15-13(12)10-16(2)11-14(17)7-3-4-8-14/h5-6,9,17H,3-4,7-8,10-11H2,1-2H3. The lowest BCUT2D eigenvalue weighted by Crippen LogP contribution is -2.39. The summed E-state index contributed by atoms with van der Waals surface area (Å²) in [7, 11) is 2.06. The lowest BCUT2D eigenvalue weighted by Gasteiger charge is -2.28. The van der Waals surface area contributed by atoms with Gasteiger partial charge < -0.3 is 5.11 Å². The van der Waals surface area contributed by atoms with Crippen LogP contribution in [0.4, 0.5) is 0 Å². The van der Waals surface area contributed by atoms with Crippen molar-refractivity contribution in [3.05, 3.63) is 29.6 Å². The normalized spacial score (nSPS) is 18.8. The van der Waals surface area contributed by atoms with Crippen LogP contribution in [-0.4, -0.2) is 34.2 Å². The third-order valence-electron chi connectivity index (χ3n) is 3.64. The average Bonchev–Trinajstić information content (AvgIpc) is 2.68. The van der Waals surface area contributed by atoms with Crippen LogP contribution in [0.25, 0.3) is 0 Å². The van der Waals surface area contributed by atoms with Gasteiger partial charge in [-0.05, 0) is 38.4 Å². The Morgan fingerprint density at radius 3 is 2.76 bits per heavy atom. The molecule has 0 aliphatic heterocycles. The van der Waals surface area contributed by atoms with Crippen molar-refractivity contribution in [2.45, 2.75) is 44.8 Å². The summed E-state index contributed by atoms with van der Waals surface area (Å²) in [5.41, 5.74) is 1.87. The van der Waals surface area contributed by atoms with Gasteiger partial charge in [-0.15, -0.1) is 0 Å². The number of hydrogen-bond donors (Lipinski definition) is 1. The molecule has 1 aromatic heterocycles. The number of aromatic nitrogens is 1. The molecule has 1 fully saturated rings. The minimum absolute atomic E-state index is 0.461. The van der Waals surface area contributed by atoms with E-state index < -0.39 is 5.60 Å². The van der Waals surface area contributed by atoms with E-state index in [0.29, 0.717) is 0 Å². The van der Waals surface area contributed by atoms with Gasteiger partial charge in [-0.25, -0.2) is 0 Å². The summed E-state index contributed by atoms with van der Waals surface area (Å²) in [4.78, 5) is 6.57. The van der Waals surface area contributed by atoms with Crippen LogP contribution >= 0.6 is 0 Å². The lowest BCUT2D eigenvalue weighted by atomic mass is 10.0. The maximum atomic E-state index is 10.3. The van der Waals surface area contributed by atoms with Gasteiger partial charge in [0.05, 0.1) is 11.3 Å². The van der Waals surface area contributed by atoms with Gasteiger partial charge in [0.15, 0.2) is 0 Å². The fraction of sp³-hybridized carbons (Fsp3) is 0.643. The summed E-state index contributed by atoms with van der Waals surface area (Å²) in [5.74, 6) is 0. The highest BCUT2D eigenvalue weighted by Gasteiger charge is 2.32. The van der Waals surface area contributed by atoms with Crippen LogP contribution < -0.4 is 0 Å². The van der Waals surface area contributed by atoms with E-state index in [0.717, 1.165) is 44.5 Å². The first-order valence-electron chi connectivity index (χ1n) is 6.40. The van der Waals surface area contributed by atoms with E-state index in [9.17, 15) is 5.11 Å². The molecule has 3 heteroatoms. The number of hydrogen-bond acceptors (Lipinski definition) is 3. The zero-order valence-electron chi connectivity index (χ0n) is 10.8. The summed E-state index contributed by atoms with van der Waals surface area (Å²) >= 11 is 0. The average molecular weight is 234 g/mol. The fourth-order valence-electron chi connectivity index (χ4n) is 2.69. The third-order valence-corrected chi connectivity index (χ3v) is 3.64. The number of pyridine rings is 1. The monoisotopic (exact) mass is 234 g/mol. The second-order valence-electron chi connectivity index (χ2n) is 5.37. The molecule has 1 aliphatic rings. The fourth-order valence-corrected chi connectivity index (χ4v) is 2.69. The van der Waals surface area contributed by atoms with Gasteiger partial charge in [0.2, 0.25) is 0 Å². The quantitative estimate of drug-likeness (QED) is 0.867. The zero-order valence-corrected chi connectivity index (χ0v) is 10.8. The molecule has 3 nitrogen and oxygen atoms in total. The molecule has 2 rings (SSSR count). The number of rotatable bonds is 4. The van der Waals surface area contributed by atoms with Crippen molar-refractivity contribution in [3.8, 4) is 0 Å². The molecule has 0 amide bonds. The van der Waals surface area contributed by atoms with Crippen molar-refractivity contribution in [2.24, 2.45) is 0 Å². The molecule has 1 aromatic rings. The van der Waals surface area contributed by atoms with Gasteiger partial charge in [-0.3, -0.25) is 9.88 Å². The maximum Gasteiger partial charge on any atom is 0.0774 e. The molecule has 17 heavy (non-hydrogen) atoms. The molecule has 0 unspecified atom stereocenters. The molecule has 0 spiro atoms. The minimum Gasteiger partial charge on any atom is -0.389 e. The third kappa shape index (κ3) is 3.27. The molecule has 0 aromatic carbocycles. The number of aliphatic hydroxyl groups is 1. The topological polar surface area (TPSA) is 36.4 Å². The Morgan fingerprint density at radius 2 is 2.12 bits per heavy atom. The summed E-state index contributed by atoms with van der Waals surface area (Å²) in [5, 5.41) is 10.3. The van der Waals surface area contributed by atoms with E-state index in [4.69, 9.17) is 0 Å². The predicted octanol–water partition coefficient (Wildman–Crippen LogP) is 2.13. The second-order valence-corrected chi connectivity index (χ2v) is 5.37. The molecular formula is C14H22N2O. The Kier molecular flexibility index (Phi) is 3.79. The largest absolute Gasteiger partial charge is 0.389 e. The Hall–Kier alpha value is -0.930. The van der Waals surface area contributed by atoms with Crippen molar-refractivity contribution in [3.63, 3.8) is 0 Å². The molecule has 0 radical (unpaired) electrons. The molecule has 1 N–H and O–H groups in total. The van der Waals surface area contributed by atoms with Gasteiger partial charge >= 0.3 is 0 Å². The highest BCUT2D eigenvalue weighted by molar-refractivity contribution is 5.17. The van der Waals surface area contributed by atoms with Gasteiger partial charge in [0.1, 0.15) is 0 Å². The van der Waals surface area contributed by atoms with Crippen molar-refractivity contribution in [1.82, 2.24) is 9.88 Å².